The first-order valence-electron chi connectivity index (χ1n) is 5.55. The molecule has 0 heterocycles. The van der Waals surface area contributed by atoms with E-state index >= 15 is 0 Å². The summed E-state index contributed by atoms with van der Waals surface area (Å²) in [6.45, 7) is 1.92. The van der Waals surface area contributed by atoms with Crippen LogP contribution in [0, 0.1) is 6.92 Å². The van der Waals surface area contributed by atoms with Crippen LogP contribution in [0.15, 0.2) is 47.4 Å². The Morgan fingerprint density at radius 1 is 1.17 bits per heavy atom. The van der Waals surface area contributed by atoms with Crippen molar-refractivity contribution in [2.45, 2.75) is 17.6 Å². The van der Waals surface area contributed by atoms with Crippen molar-refractivity contribution in [3.05, 3.63) is 58.6 Å². The lowest BCUT2D eigenvalue weighted by atomic mass is 10.2. The molecule has 2 N–H and O–H groups in total. The van der Waals surface area contributed by atoms with Crippen LogP contribution in [0.2, 0.25) is 5.02 Å². The van der Waals surface area contributed by atoms with E-state index < -0.39 is 10.8 Å². The van der Waals surface area contributed by atoms with Gasteiger partial charge in [-0.1, -0.05) is 23.7 Å². The first-order chi connectivity index (χ1) is 8.56. The van der Waals surface area contributed by atoms with Crippen molar-refractivity contribution in [1.29, 1.82) is 0 Å². The zero-order chi connectivity index (χ0) is 13.1. The molecule has 0 fully saturated rings. The van der Waals surface area contributed by atoms with Crippen molar-refractivity contribution < 1.29 is 4.21 Å². The fraction of sp³-hybridized carbons (Fsp3) is 0.143. The fourth-order valence-electron chi connectivity index (χ4n) is 1.74. The normalized spacial score (nSPS) is 12.3. The van der Waals surface area contributed by atoms with E-state index in [0.717, 1.165) is 16.0 Å². The molecule has 0 aromatic heterocycles. The van der Waals surface area contributed by atoms with Crippen LogP contribution in [0.4, 0.5) is 5.69 Å². The van der Waals surface area contributed by atoms with Gasteiger partial charge in [0.2, 0.25) is 0 Å². The van der Waals surface area contributed by atoms with Crippen molar-refractivity contribution >= 4 is 28.1 Å². The number of nitrogen functional groups attached to an aromatic ring is 1. The fourth-order valence-corrected chi connectivity index (χ4v) is 3.15. The minimum Gasteiger partial charge on any atom is -0.399 e. The van der Waals surface area contributed by atoms with Gasteiger partial charge >= 0.3 is 0 Å². The van der Waals surface area contributed by atoms with Gasteiger partial charge in [0.05, 0.1) is 16.6 Å². The molecule has 2 aromatic carbocycles. The molecule has 0 aliphatic rings. The summed E-state index contributed by atoms with van der Waals surface area (Å²) >= 11 is 5.82. The van der Waals surface area contributed by atoms with Crippen LogP contribution in [0.1, 0.15) is 11.1 Å². The summed E-state index contributed by atoms with van der Waals surface area (Å²) in [7, 11) is -1.06. The number of nitrogens with two attached hydrogens (primary N) is 1. The van der Waals surface area contributed by atoms with E-state index in [1.54, 1.807) is 6.07 Å². The Morgan fingerprint density at radius 2 is 1.83 bits per heavy atom. The maximum absolute atomic E-state index is 12.3. The number of benzene rings is 2. The largest absolute Gasteiger partial charge is 0.399 e. The molecule has 2 aromatic rings. The summed E-state index contributed by atoms with van der Waals surface area (Å²) in [4.78, 5) is 0.833. The van der Waals surface area contributed by atoms with E-state index in [4.69, 9.17) is 17.3 Å². The van der Waals surface area contributed by atoms with Crippen LogP contribution >= 0.6 is 11.6 Å². The van der Waals surface area contributed by atoms with Gasteiger partial charge in [-0.15, -0.1) is 0 Å². The molecule has 1 unspecified atom stereocenters. The number of hydrogen-bond donors (Lipinski definition) is 1. The lowest BCUT2D eigenvalue weighted by Crippen LogP contribution is -1.99. The van der Waals surface area contributed by atoms with Crippen LogP contribution in [0.25, 0.3) is 0 Å². The third kappa shape index (κ3) is 3.12. The van der Waals surface area contributed by atoms with Gasteiger partial charge in [-0.05, 0) is 48.4 Å². The zero-order valence-corrected chi connectivity index (χ0v) is 11.6. The predicted molar refractivity (Wildman–Crippen MR) is 77.2 cm³/mol. The van der Waals surface area contributed by atoms with Crippen molar-refractivity contribution in [3.8, 4) is 0 Å². The zero-order valence-electron chi connectivity index (χ0n) is 10.0. The molecule has 2 nitrogen and oxygen atoms in total. The van der Waals surface area contributed by atoms with E-state index in [1.807, 2.05) is 43.3 Å². The number of halogens is 1. The monoisotopic (exact) mass is 279 g/mol. The second-order valence-corrected chi connectivity index (χ2v) is 6.00. The molecule has 0 spiro atoms. The Morgan fingerprint density at radius 3 is 2.44 bits per heavy atom. The molecule has 94 valence electrons. The van der Waals surface area contributed by atoms with Crippen LogP contribution in [0.5, 0.6) is 0 Å². The van der Waals surface area contributed by atoms with Gasteiger partial charge in [0.15, 0.2) is 0 Å². The highest BCUT2D eigenvalue weighted by Gasteiger charge is 2.08. The second-order valence-electron chi connectivity index (χ2n) is 4.14. The quantitative estimate of drug-likeness (QED) is 0.874. The smallest absolute Gasteiger partial charge is 0.0576 e. The Balaban J connectivity index is 2.19. The van der Waals surface area contributed by atoms with Gasteiger partial charge in [-0.25, -0.2) is 0 Å². The summed E-state index contributed by atoms with van der Waals surface area (Å²) < 4.78 is 12.3. The Hall–Kier alpha value is -1.32. The molecule has 1 atom stereocenters. The van der Waals surface area contributed by atoms with Gasteiger partial charge < -0.3 is 5.73 Å². The molecule has 0 bridgehead atoms. The molecule has 0 aliphatic heterocycles. The van der Waals surface area contributed by atoms with Gasteiger partial charge in [-0.2, -0.15) is 0 Å². The van der Waals surface area contributed by atoms with Crippen LogP contribution in [0.3, 0.4) is 0 Å². The topological polar surface area (TPSA) is 43.1 Å². The maximum Gasteiger partial charge on any atom is 0.0576 e. The number of anilines is 1. The molecular weight excluding hydrogens is 266 g/mol. The van der Waals surface area contributed by atoms with Crippen molar-refractivity contribution in [2.75, 3.05) is 5.73 Å². The highest BCUT2D eigenvalue weighted by molar-refractivity contribution is 7.84. The summed E-state index contributed by atoms with van der Waals surface area (Å²) in [5.41, 5.74) is 8.35. The molecule has 0 radical (unpaired) electrons. The van der Waals surface area contributed by atoms with Crippen molar-refractivity contribution in [3.63, 3.8) is 0 Å². The summed E-state index contributed by atoms with van der Waals surface area (Å²) in [6.07, 6.45) is 0. The average molecular weight is 280 g/mol. The van der Waals surface area contributed by atoms with E-state index in [-0.39, 0.29) is 0 Å². The van der Waals surface area contributed by atoms with Gasteiger partial charge in [0.25, 0.3) is 0 Å². The Labute approximate surface area is 114 Å². The molecule has 0 amide bonds. The molecule has 2 rings (SSSR count). The second kappa shape index (κ2) is 5.55. The van der Waals surface area contributed by atoms with Gasteiger partial charge in [-0.3, -0.25) is 4.21 Å². The number of aryl methyl sites for hydroxylation is 1. The lowest BCUT2D eigenvalue weighted by molar-refractivity contribution is 0.682. The molecular formula is C14H14ClNOS. The SMILES string of the molecule is Cc1cc(N)ccc1S(=O)Cc1ccc(Cl)cc1. The Kier molecular flexibility index (Phi) is 4.04. The van der Waals surface area contributed by atoms with Crippen LogP contribution in [-0.2, 0) is 16.6 Å². The number of rotatable bonds is 3. The minimum absolute atomic E-state index is 0.488. The molecule has 18 heavy (non-hydrogen) atoms. The van der Waals surface area contributed by atoms with E-state index in [1.165, 1.54) is 0 Å². The molecule has 4 heteroatoms. The highest BCUT2D eigenvalue weighted by atomic mass is 35.5. The first kappa shape index (κ1) is 13.1. The van der Waals surface area contributed by atoms with E-state index in [9.17, 15) is 4.21 Å². The third-order valence-electron chi connectivity index (χ3n) is 2.66. The van der Waals surface area contributed by atoms with Gasteiger partial charge in [0, 0.05) is 15.6 Å². The summed E-state index contributed by atoms with van der Waals surface area (Å²) in [6, 6.07) is 12.9. The summed E-state index contributed by atoms with van der Waals surface area (Å²) in [5.74, 6) is 0.488. The van der Waals surface area contributed by atoms with E-state index in [2.05, 4.69) is 0 Å². The molecule has 0 saturated heterocycles. The minimum atomic E-state index is -1.06. The first-order valence-corrected chi connectivity index (χ1v) is 7.25. The standard InChI is InChI=1S/C14H14ClNOS/c1-10-8-13(16)6-7-14(10)18(17)9-11-2-4-12(15)5-3-11/h2-8H,9,16H2,1H3. The van der Waals surface area contributed by atoms with E-state index in [0.29, 0.717) is 16.5 Å². The van der Waals surface area contributed by atoms with Crippen LogP contribution < -0.4 is 5.73 Å². The molecule has 0 aliphatic carbocycles. The van der Waals surface area contributed by atoms with Gasteiger partial charge in [0.1, 0.15) is 0 Å². The average Bonchev–Trinajstić information content (AvgIpc) is 2.32. The predicted octanol–water partition coefficient (Wildman–Crippen LogP) is 3.54. The highest BCUT2D eigenvalue weighted by Crippen LogP contribution is 2.19. The van der Waals surface area contributed by atoms with Crippen molar-refractivity contribution in [1.82, 2.24) is 0 Å². The molecule has 0 saturated carbocycles. The Bertz CT molecular complexity index is 581. The van der Waals surface area contributed by atoms with Crippen molar-refractivity contribution in [2.24, 2.45) is 0 Å². The third-order valence-corrected chi connectivity index (χ3v) is 4.45. The number of hydrogen-bond acceptors (Lipinski definition) is 2. The lowest BCUT2D eigenvalue weighted by Gasteiger charge is -2.07. The summed E-state index contributed by atoms with van der Waals surface area (Å²) in [5, 5.41) is 0.688. The maximum atomic E-state index is 12.3. The van der Waals surface area contributed by atoms with Crippen LogP contribution in [-0.4, -0.2) is 4.21 Å².